The van der Waals surface area contributed by atoms with Crippen molar-refractivity contribution in [2.45, 2.75) is 20.3 Å². The Morgan fingerprint density at radius 2 is 2.20 bits per heavy atom. The molecular weight excluding hydrogens is 212 g/mol. The fourth-order valence-corrected chi connectivity index (χ4v) is 1.86. The standard InChI is InChI=1S/C11H11ClN2O/c1-3-9-13-10-6(2)4-7(12)5-8(10)11(15)14-9/h4-5H,3H2,1-2H3,(H,13,14,15). The van der Waals surface area contributed by atoms with Gasteiger partial charge < -0.3 is 4.98 Å². The smallest absolute Gasteiger partial charge is 0.258 e. The van der Waals surface area contributed by atoms with Crippen LogP contribution in [0, 0.1) is 6.92 Å². The predicted molar refractivity (Wildman–Crippen MR) is 61.5 cm³/mol. The molecule has 0 aliphatic heterocycles. The first-order chi connectivity index (χ1) is 7.11. The van der Waals surface area contributed by atoms with Gasteiger partial charge in [0, 0.05) is 11.4 Å². The Morgan fingerprint density at radius 1 is 1.47 bits per heavy atom. The Bertz CT molecular complexity index is 575. The molecule has 0 radical (unpaired) electrons. The maximum Gasteiger partial charge on any atom is 0.258 e. The number of fused-ring (bicyclic) bond motifs is 1. The van der Waals surface area contributed by atoms with Crippen LogP contribution in [0.3, 0.4) is 0 Å². The summed E-state index contributed by atoms with van der Waals surface area (Å²) in [5, 5.41) is 1.12. The van der Waals surface area contributed by atoms with Gasteiger partial charge in [-0.15, -0.1) is 0 Å². The van der Waals surface area contributed by atoms with Crippen molar-refractivity contribution in [2.24, 2.45) is 0 Å². The van der Waals surface area contributed by atoms with E-state index in [0.29, 0.717) is 22.7 Å². The molecule has 1 aromatic carbocycles. The lowest BCUT2D eigenvalue weighted by Crippen LogP contribution is -2.11. The van der Waals surface area contributed by atoms with Gasteiger partial charge in [0.25, 0.3) is 5.56 Å². The van der Waals surface area contributed by atoms with Crippen LogP contribution in [-0.4, -0.2) is 9.97 Å². The summed E-state index contributed by atoms with van der Waals surface area (Å²) in [4.78, 5) is 18.8. The molecule has 0 aliphatic rings. The topological polar surface area (TPSA) is 45.8 Å². The van der Waals surface area contributed by atoms with Gasteiger partial charge in [0.15, 0.2) is 0 Å². The quantitative estimate of drug-likeness (QED) is 0.806. The third-order valence-corrected chi connectivity index (χ3v) is 2.57. The summed E-state index contributed by atoms with van der Waals surface area (Å²) in [6.07, 6.45) is 0.716. The van der Waals surface area contributed by atoms with Crippen LogP contribution in [0.15, 0.2) is 16.9 Å². The first-order valence-electron chi connectivity index (χ1n) is 4.81. The molecule has 0 spiro atoms. The third-order valence-electron chi connectivity index (χ3n) is 2.35. The van der Waals surface area contributed by atoms with Crippen LogP contribution in [0.4, 0.5) is 0 Å². The van der Waals surface area contributed by atoms with E-state index in [1.165, 1.54) is 0 Å². The molecule has 15 heavy (non-hydrogen) atoms. The zero-order valence-corrected chi connectivity index (χ0v) is 9.35. The zero-order chi connectivity index (χ0) is 11.0. The number of hydrogen-bond donors (Lipinski definition) is 1. The molecule has 4 heteroatoms. The molecule has 0 aliphatic carbocycles. The van der Waals surface area contributed by atoms with E-state index in [2.05, 4.69) is 9.97 Å². The number of rotatable bonds is 1. The van der Waals surface area contributed by atoms with E-state index in [4.69, 9.17) is 11.6 Å². The third kappa shape index (κ3) is 1.75. The lowest BCUT2D eigenvalue weighted by molar-refractivity contribution is 0.942. The maximum atomic E-state index is 11.7. The fraction of sp³-hybridized carbons (Fsp3) is 0.273. The van der Waals surface area contributed by atoms with Gasteiger partial charge in [-0.3, -0.25) is 4.79 Å². The predicted octanol–water partition coefficient (Wildman–Crippen LogP) is 2.45. The van der Waals surface area contributed by atoms with E-state index >= 15 is 0 Å². The number of aromatic amines is 1. The van der Waals surface area contributed by atoms with E-state index in [1.54, 1.807) is 6.07 Å². The van der Waals surface area contributed by atoms with E-state index in [0.717, 1.165) is 11.1 Å². The number of aromatic nitrogens is 2. The number of nitrogens with one attached hydrogen (secondary N) is 1. The van der Waals surface area contributed by atoms with Crippen molar-refractivity contribution < 1.29 is 0 Å². The van der Waals surface area contributed by atoms with Crippen molar-refractivity contribution >= 4 is 22.5 Å². The average molecular weight is 223 g/mol. The van der Waals surface area contributed by atoms with Crippen LogP contribution in [0.5, 0.6) is 0 Å². The maximum absolute atomic E-state index is 11.7. The number of nitrogens with zero attached hydrogens (tertiary/aromatic N) is 1. The molecular formula is C11H11ClN2O. The molecule has 0 saturated carbocycles. The van der Waals surface area contributed by atoms with Crippen molar-refractivity contribution in [3.8, 4) is 0 Å². The van der Waals surface area contributed by atoms with Gasteiger partial charge in [-0.05, 0) is 24.6 Å². The molecule has 0 saturated heterocycles. The molecule has 1 N–H and O–H groups in total. The number of hydrogen-bond acceptors (Lipinski definition) is 2. The van der Waals surface area contributed by atoms with Crippen LogP contribution in [0.1, 0.15) is 18.3 Å². The lowest BCUT2D eigenvalue weighted by Gasteiger charge is -2.03. The molecule has 1 aromatic heterocycles. The highest BCUT2D eigenvalue weighted by molar-refractivity contribution is 6.31. The van der Waals surface area contributed by atoms with Gasteiger partial charge in [-0.2, -0.15) is 0 Å². The van der Waals surface area contributed by atoms with Crippen molar-refractivity contribution in [3.63, 3.8) is 0 Å². The second kappa shape index (κ2) is 3.66. The summed E-state index contributed by atoms with van der Waals surface area (Å²) in [5.41, 5.74) is 1.54. The van der Waals surface area contributed by atoms with E-state index in [1.807, 2.05) is 19.9 Å². The highest BCUT2D eigenvalue weighted by atomic mass is 35.5. The summed E-state index contributed by atoms with van der Waals surface area (Å²) in [5.74, 6) is 0.706. The molecule has 2 rings (SSSR count). The molecule has 3 nitrogen and oxygen atoms in total. The first kappa shape index (κ1) is 10.2. The SMILES string of the molecule is CCc1nc2c(C)cc(Cl)cc2c(=O)[nH]1. The van der Waals surface area contributed by atoms with Gasteiger partial charge in [0.2, 0.25) is 0 Å². The molecule has 1 heterocycles. The van der Waals surface area contributed by atoms with Gasteiger partial charge in [-0.1, -0.05) is 18.5 Å². The minimum absolute atomic E-state index is 0.123. The first-order valence-corrected chi connectivity index (χ1v) is 5.18. The van der Waals surface area contributed by atoms with Crippen LogP contribution in [0.2, 0.25) is 5.02 Å². The summed E-state index contributed by atoms with van der Waals surface area (Å²) in [7, 11) is 0. The molecule has 0 fully saturated rings. The fourth-order valence-electron chi connectivity index (χ4n) is 1.59. The van der Waals surface area contributed by atoms with E-state index in [-0.39, 0.29) is 5.56 Å². The number of benzene rings is 1. The molecule has 0 amide bonds. The summed E-state index contributed by atoms with van der Waals surface area (Å²) >= 11 is 5.89. The number of halogens is 1. The van der Waals surface area contributed by atoms with Crippen molar-refractivity contribution in [1.82, 2.24) is 9.97 Å². The number of aryl methyl sites for hydroxylation is 2. The summed E-state index contributed by atoms with van der Waals surface area (Å²) in [6, 6.07) is 3.46. The molecule has 0 bridgehead atoms. The molecule has 0 unspecified atom stereocenters. The minimum Gasteiger partial charge on any atom is -0.310 e. The normalized spacial score (nSPS) is 10.9. The van der Waals surface area contributed by atoms with Crippen LogP contribution in [-0.2, 0) is 6.42 Å². The number of H-pyrrole nitrogens is 1. The van der Waals surface area contributed by atoms with Crippen LogP contribution < -0.4 is 5.56 Å². The summed E-state index contributed by atoms with van der Waals surface area (Å²) in [6.45, 7) is 3.86. The lowest BCUT2D eigenvalue weighted by atomic mass is 10.1. The average Bonchev–Trinajstić information content (AvgIpc) is 2.19. The van der Waals surface area contributed by atoms with Crippen molar-refractivity contribution in [3.05, 3.63) is 38.9 Å². The zero-order valence-electron chi connectivity index (χ0n) is 8.60. The Morgan fingerprint density at radius 3 is 2.87 bits per heavy atom. The molecule has 0 atom stereocenters. The molecule has 2 aromatic rings. The summed E-state index contributed by atoms with van der Waals surface area (Å²) < 4.78 is 0. The highest BCUT2D eigenvalue weighted by Crippen LogP contribution is 2.19. The van der Waals surface area contributed by atoms with Gasteiger partial charge in [0.05, 0.1) is 10.9 Å². The molecule has 78 valence electrons. The van der Waals surface area contributed by atoms with E-state index in [9.17, 15) is 4.79 Å². The highest BCUT2D eigenvalue weighted by Gasteiger charge is 2.06. The van der Waals surface area contributed by atoms with Gasteiger partial charge in [0.1, 0.15) is 5.82 Å². The monoisotopic (exact) mass is 222 g/mol. The largest absolute Gasteiger partial charge is 0.310 e. The van der Waals surface area contributed by atoms with Crippen LogP contribution in [0.25, 0.3) is 10.9 Å². The Balaban J connectivity index is 2.91. The van der Waals surface area contributed by atoms with Gasteiger partial charge in [-0.25, -0.2) is 4.98 Å². The Labute approximate surface area is 92.1 Å². The van der Waals surface area contributed by atoms with Gasteiger partial charge >= 0.3 is 0 Å². The Kier molecular flexibility index (Phi) is 2.49. The second-order valence-electron chi connectivity index (χ2n) is 3.49. The Hall–Kier alpha value is -1.35. The van der Waals surface area contributed by atoms with Crippen LogP contribution >= 0.6 is 11.6 Å². The van der Waals surface area contributed by atoms with Crippen molar-refractivity contribution in [2.75, 3.05) is 0 Å². The minimum atomic E-state index is -0.123. The van der Waals surface area contributed by atoms with Crippen molar-refractivity contribution in [1.29, 1.82) is 0 Å². The van der Waals surface area contributed by atoms with E-state index < -0.39 is 0 Å². The second-order valence-corrected chi connectivity index (χ2v) is 3.92.